The summed E-state index contributed by atoms with van der Waals surface area (Å²) < 4.78 is 0. The first-order chi connectivity index (χ1) is 13.1. The number of nitrogens with zero attached hydrogens (tertiary/aromatic N) is 3. The summed E-state index contributed by atoms with van der Waals surface area (Å²) in [6.07, 6.45) is 2.65. The van der Waals surface area contributed by atoms with E-state index in [2.05, 4.69) is 44.5 Å². The number of fused-ring (bicyclic) bond motifs is 1. The molecule has 27 heavy (non-hydrogen) atoms. The first-order valence-electron chi connectivity index (χ1n) is 9.13. The summed E-state index contributed by atoms with van der Waals surface area (Å²) in [5.41, 5.74) is 5.22. The van der Waals surface area contributed by atoms with Gasteiger partial charge in [0.1, 0.15) is 11.6 Å². The fourth-order valence-electron chi connectivity index (χ4n) is 3.49. The van der Waals surface area contributed by atoms with Gasteiger partial charge in [0.2, 0.25) is 0 Å². The molecule has 2 aromatic heterocycles. The molecule has 0 atom stereocenters. The molecule has 0 saturated heterocycles. The van der Waals surface area contributed by atoms with Gasteiger partial charge < -0.3 is 10.2 Å². The number of aryl methyl sites for hydroxylation is 2. The minimum Gasteiger partial charge on any atom is -0.352 e. The quantitative estimate of drug-likeness (QED) is 0.771. The average molecular weight is 358 g/mol. The zero-order chi connectivity index (χ0) is 18.8. The van der Waals surface area contributed by atoms with Crippen LogP contribution in [-0.4, -0.2) is 22.4 Å². The van der Waals surface area contributed by atoms with Crippen LogP contribution >= 0.6 is 0 Å². The lowest BCUT2D eigenvalue weighted by atomic mass is 10.00. The summed E-state index contributed by atoms with van der Waals surface area (Å²) in [5, 5.41) is 2.85. The summed E-state index contributed by atoms with van der Waals surface area (Å²) in [7, 11) is 0. The standard InChI is InChI=1S/C22H22N4O/c1-15-11-16(2)24-20(12-15)25-22(27)18-7-8-21(23-13-18)26-10-9-17-5-3-4-6-19(17)14-26/h3-8,11-13H,9-10,14H2,1-2H3,(H,24,25,27). The Morgan fingerprint density at radius 2 is 1.89 bits per heavy atom. The van der Waals surface area contributed by atoms with E-state index in [1.54, 1.807) is 6.20 Å². The zero-order valence-electron chi connectivity index (χ0n) is 15.6. The van der Waals surface area contributed by atoms with Crippen molar-refractivity contribution in [3.8, 4) is 0 Å². The van der Waals surface area contributed by atoms with Gasteiger partial charge in [-0.1, -0.05) is 24.3 Å². The Labute approximate surface area is 159 Å². The van der Waals surface area contributed by atoms with Crippen molar-refractivity contribution in [2.24, 2.45) is 0 Å². The van der Waals surface area contributed by atoms with Gasteiger partial charge in [0, 0.05) is 25.0 Å². The van der Waals surface area contributed by atoms with Gasteiger partial charge >= 0.3 is 0 Å². The predicted octanol–water partition coefficient (Wildman–Crippen LogP) is 3.91. The number of nitrogens with one attached hydrogen (secondary N) is 1. The number of hydrogen-bond acceptors (Lipinski definition) is 4. The lowest BCUT2D eigenvalue weighted by Gasteiger charge is -2.29. The van der Waals surface area contributed by atoms with Gasteiger partial charge in [-0.15, -0.1) is 0 Å². The van der Waals surface area contributed by atoms with Gasteiger partial charge in [-0.05, 0) is 61.2 Å². The Balaban J connectivity index is 1.47. The maximum absolute atomic E-state index is 12.5. The normalized spacial score (nSPS) is 13.2. The number of anilines is 2. The molecule has 136 valence electrons. The third-order valence-electron chi connectivity index (χ3n) is 4.80. The van der Waals surface area contributed by atoms with E-state index >= 15 is 0 Å². The number of rotatable bonds is 3. The smallest absolute Gasteiger partial charge is 0.258 e. The first-order valence-corrected chi connectivity index (χ1v) is 9.13. The lowest BCUT2D eigenvalue weighted by molar-refractivity contribution is 0.102. The average Bonchev–Trinajstić information content (AvgIpc) is 2.67. The molecule has 0 radical (unpaired) electrons. The molecule has 3 aromatic rings. The highest BCUT2D eigenvalue weighted by molar-refractivity contribution is 6.03. The van der Waals surface area contributed by atoms with Crippen LogP contribution in [-0.2, 0) is 13.0 Å². The fourth-order valence-corrected chi connectivity index (χ4v) is 3.49. The SMILES string of the molecule is Cc1cc(C)nc(NC(=O)c2ccc(N3CCc4ccccc4C3)nc2)c1. The highest BCUT2D eigenvalue weighted by Gasteiger charge is 2.17. The van der Waals surface area contributed by atoms with Gasteiger partial charge in [-0.2, -0.15) is 0 Å². The van der Waals surface area contributed by atoms with E-state index in [1.807, 2.05) is 38.1 Å². The molecule has 1 aromatic carbocycles. The van der Waals surface area contributed by atoms with Crippen LogP contribution in [0.1, 0.15) is 32.7 Å². The van der Waals surface area contributed by atoms with Crippen molar-refractivity contribution in [3.05, 3.63) is 82.7 Å². The summed E-state index contributed by atoms with van der Waals surface area (Å²) >= 11 is 0. The monoisotopic (exact) mass is 358 g/mol. The van der Waals surface area contributed by atoms with Crippen molar-refractivity contribution >= 4 is 17.5 Å². The van der Waals surface area contributed by atoms with Gasteiger partial charge in [-0.3, -0.25) is 4.79 Å². The van der Waals surface area contributed by atoms with Crippen LogP contribution < -0.4 is 10.2 Å². The Bertz CT molecular complexity index is 962. The molecule has 1 amide bonds. The highest BCUT2D eigenvalue weighted by Crippen LogP contribution is 2.23. The van der Waals surface area contributed by atoms with Crippen LogP contribution in [0, 0.1) is 13.8 Å². The second kappa shape index (κ2) is 7.19. The molecule has 1 aliphatic heterocycles. The molecule has 5 nitrogen and oxygen atoms in total. The molecule has 3 heterocycles. The van der Waals surface area contributed by atoms with E-state index < -0.39 is 0 Å². The summed E-state index contributed by atoms with van der Waals surface area (Å²) in [5.74, 6) is 1.26. The van der Waals surface area contributed by atoms with E-state index in [-0.39, 0.29) is 5.91 Å². The van der Waals surface area contributed by atoms with Gasteiger partial charge in [0.05, 0.1) is 5.56 Å². The molecule has 0 unspecified atom stereocenters. The summed E-state index contributed by atoms with van der Waals surface area (Å²) in [6, 6.07) is 16.1. The lowest BCUT2D eigenvalue weighted by Crippen LogP contribution is -2.31. The van der Waals surface area contributed by atoms with E-state index in [9.17, 15) is 4.79 Å². The molecule has 0 bridgehead atoms. The Hall–Kier alpha value is -3.21. The van der Waals surface area contributed by atoms with Crippen molar-refractivity contribution in [2.75, 3.05) is 16.8 Å². The van der Waals surface area contributed by atoms with Gasteiger partial charge in [0.25, 0.3) is 5.91 Å². The summed E-state index contributed by atoms with van der Waals surface area (Å²) in [6.45, 7) is 5.68. The van der Waals surface area contributed by atoms with Crippen molar-refractivity contribution in [3.63, 3.8) is 0 Å². The van der Waals surface area contributed by atoms with Gasteiger partial charge in [-0.25, -0.2) is 9.97 Å². The number of carbonyl (C=O) groups is 1. The number of benzene rings is 1. The summed E-state index contributed by atoms with van der Waals surface area (Å²) in [4.78, 5) is 23.6. The first kappa shape index (κ1) is 17.2. The highest BCUT2D eigenvalue weighted by atomic mass is 16.1. The van der Waals surface area contributed by atoms with E-state index in [0.717, 1.165) is 36.6 Å². The zero-order valence-corrected chi connectivity index (χ0v) is 15.6. The molecule has 0 saturated carbocycles. The van der Waals surface area contributed by atoms with Crippen LogP contribution in [0.15, 0.2) is 54.7 Å². The van der Waals surface area contributed by atoms with Crippen LogP contribution in [0.5, 0.6) is 0 Å². The van der Waals surface area contributed by atoms with Crippen molar-refractivity contribution in [1.29, 1.82) is 0 Å². The molecular weight excluding hydrogens is 336 g/mol. The minimum atomic E-state index is -0.199. The van der Waals surface area contributed by atoms with Crippen LogP contribution in [0.25, 0.3) is 0 Å². The Morgan fingerprint density at radius 1 is 1.07 bits per heavy atom. The number of aromatic nitrogens is 2. The van der Waals surface area contributed by atoms with E-state index in [0.29, 0.717) is 11.4 Å². The van der Waals surface area contributed by atoms with E-state index in [1.165, 1.54) is 11.1 Å². The second-order valence-electron chi connectivity index (χ2n) is 6.97. The maximum Gasteiger partial charge on any atom is 0.258 e. The third-order valence-corrected chi connectivity index (χ3v) is 4.80. The Kier molecular flexibility index (Phi) is 4.59. The molecule has 0 spiro atoms. The minimum absolute atomic E-state index is 0.199. The van der Waals surface area contributed by atoms with Crippen LogP contribution in [0.3, 0.4) is 0 Å². The number of pyridine rings is 2. The van der Waals surface area contributed by atoms with Crippen molar-refractivity contribution in [2.45, 2.75) is 26.8 Å². The number of hydrogen-bond donors (Lipinski definition) is 1. The van der Waals surface area contributed by atoms with Crippen molar-refractivity contribution < 1.29 is 4.79 Å². The van der Waals surface area contributed by atoms with Crippen LogP contribution in [0.2, 0.25) is 0 Å². The fraction of sp³-hybridized carbons (Fsp3) is 0.227. The van der Waals surface area contributed by atoms with E-state index in [4.69, 9.17) is 0 Å². The molecular formula is C22H22N4O. The van der Waals surface area contributed by atoms with Crippen molar-refractivity contribution in [1.82, 2.24) is 9.97 Å². The predicted molar refractivity (Wildman–Crippen MR) is 107 cm³/mol. The topological polar surface area (TPSA) is 58.1 Å². The molecule has 0 aliphatic carbocycles. The van der Waals surface area contributed by atoms with Crippen LogP contribution in [0.4, 0.5) is 11.6 Å². The molecule has 1 N–H and O–H groups in total. The molecule has 5 heteroatoms. The van der Waals surface area contributed by atoms with Gasteiger partial charge in [0.15, 0.2) is 0 Å². The molecule has 4 rings (SSSR count). The number of carbonyl (C=O) groups excluding carboxylic acids is 1. The molecule has 0 fully saturated rings. The number of amides is 1. The second-order valence-corrected chi connectivity index (χ2v) is 6.97. The third kappa shape index (κ3) is 3.82. The Morgan fingerprint density at radius 3 is 2.63 bits per heavy atom. The molecule has 1 aliphatic rings. The largest absolute Gasteiger partial charge is 0.352 e. The maximum atomic E-state index is 12.5.